The van der Waals surface area contributed by atoms with Crippen molar-refractivity contribution in [2.24, 2.45) is 0 Å². The molecule has 63 heavy (non-hydrogen) atoms. The minimum atomic E-state index is 1.10. The lowest BCUT2D eigenvalue weighted by molar-refractivity contribution is 1.28. The van der Waals surface area contributed by atoms with E-state index in [1.54, 1.807) is 0 Å². The van der Waals surface area contributed by atoms with Gasteiger partial charge in [-0.1, -0.05) is 164 Å². The van der Waals surface area contributed by atoms with E-state index in [4.69, 9.17) is 0 Å². The fourth-order valence-corrected chi connectivity index (χ4v) is 9.74. The molecule has 0 atom stereocenters. The van der Waals surface area contributed by atoms with E-state index in [0.717, 1.165) is 34.1 Å². The van der Waals surface area contributed by atoms with Crippen LogP contribution in [0.5, 0.6) is 0 Å². The summed E-state index contributed by atoms with van der Waals surface area (Å²) in [6, 6.07) is 91.8. The molecule has 0 bridgehead atoms. The van der Waals surface area contributed by atoms with Crippen molar-refractivity contribution < 1.29 is 0 Å². The average molecular weight is 823 g/mol. The Kier molecular flexibility index (Phi) is 10.1. The smallest absolute Gasteiger partial charge is 0.0462 e. The van der Waals surface area contributed by atoms with Gasteiger partial charge in [-0.05, 0) is 136 Å². The summed E-state index contributed by atoms with van der Waals surface area (Å²) in [5, 5.41) is 2.64. The van der Waals surface area contributed by atoms with Crippen molar-refractivity contribution in [3.05, 3.63) is 255 Å². The Morgan fingerprint density at radius 2 is 0.492 bits per heavy atom. The largest absolute Gasteiger partial charge is 0.311 e. The number of benzene rings is 10. The number of nitrogens with zero attached hydrogens (tertiary/aromatic N) is 2. The van der Waals surface area contributed by atoms with Crippen molar-refractivity contribution in [2.75, 3.05) is 9.80 Å². The van der Waals surface area contributed by atoms with Crippen LogP contribution in [0.2, 0.25) is 0 Å². The molecule has 3 heteroatoms. The summed E-state index contributed by atoms with van der Waals surface area (Å²) in [6.45, 7) is 0. The summed E-state index contributed by atoms with van der Waals surface area (Å²) in [4.78, 5) is 4.65. The van der Waals surface area contributed by atoms with Gasteiger partial charge in [-0.15, -0.1) is 11.3 Å². The maximum absolute atomic E-state index is 2.34. The van der Waals surface area contributed by atoms with Crippen molar-refractivity contribution in [3.8, 4) is 44.5 Å². The minimum Gasteiger partial charge on any atom is -0.311 e. The summed E-state index contributed by atoms with van der Waals surface area (Å²) in [5.74, 6) is 0. The minimum absolute atomic E-state index is 1.10. The van der Waals surface area contributed by atoms with Crippen molar-refractivity contribution in [1.29, 1.82) is 0 Å². The van der Waals surface area contributed by atoms with E-state index < -0.39 is 0 Å². The van der Waals surface area contributed by atoms with Gasteiger partial charge in [-0.25, -0.2) is 0 Å². The molecule has 0 aliphatic carbocycles. The van der Waals surface area contributed by atoms with Crippen molar-refractivity contribution in [1.82, 2.24) is 0 Å². The summed E-state index contributed by atoms with van der Waals surface area (Å²) >= 11 is 1.86. The summed E-state index contributed by atoms with van der Waals surface area (Å²) < 4.78 is 2.65. The van der Waals surface area contributed by atoms with Crippen LogP contribution in [-0.4, -0.2) is 0 Å². The molecule has 0 N–H and O–H groups in total. The molecule has 298 valence electrons. The zero-order valence-corrected chi connectivity index (χ0v) is 35.4. The highest BCUT2D eigenvalue weighted by atomic mass is 32.1. The number of hydrogen-bond donors (Lipinski definition) is 0. The van der Waals surface area contributed by atoms with Crippen molar-refractivity contribution in [3.63, 3.8) is 0 Å². The Morgan fingerprint density at radius 1 is 0.206 bits per heavy atom. The number of anilines is 6. The third-order valence-electron chi connectivity index (χ3n) is 11.9. The second-order valence-corrected chi connectivity index (χ2v) is 16.9. The Hall–Kier alpha value is -7.98. The van der Waals surface area contributed by atoms with E-state index in [1.807, 2.05) is 11.3 Å². The average Bonchev–Trinajstić information content (AvgIpc) is 3.74. The first kappa shape index (κ1) is 38.0. The maximum Gasteiger partial charge on any atom is 0.0462 e. The zero-order valence-electron chi connectivity index (χ0n) is 34.6. The summed E-state index contributed by atoms with van der Waals surface area (Å²) in [6.07, 6.45) is 0. The van der Waals surface area contributed by atoms with Gasteiger partial charge in [-0.2, -0.15) is 0 Å². The molecular formula is C60H42N2S. The molecule has 0 fully saturated rings. The summed E-state index contributed by atoms with van der Waals surface area (Å²) in [5.41, 5.74) is 16.2. The van der Waals surface area contributed by atoms with Crippen LogP contribution >= 0.6 is 11.3 Å². The SMILES string of the molecule is c1ccc(-c2ccc(-c3ccc(N(c4ccccc4)c4ccc(-c5ccc(N(c6ccccc6)c6ccc(-c7ccc8sc9ccccc9c8c7)cc6)cc5)cc4)cc3)cc2)cc1. The lowest BCUT2D eigenvalue weighted by Gasteiger charge is -2.26. The van der Waals surface area contributed by atoms with Crippen LogP contribution in [0, 0.1) is 0 Å². The van der Waals surface area contributed by atoms with Gasteiger partial charge in [0, 0.05) is 54.3 Å². The third kappa shape index (κ3) is 7.67. The van der Waals surface area contributed by atoms with Gasteiger partial charge in [0.2, 0.25) is 0 Å². The Morgan fingerprint density at radius 3 is 0.921 bits per heavy atom. The fourth-order valence-electron chi connectivity index (χ4n) is 8.65. The molecule has 10 aromatic carbocycles. The van der Waals surface area contributed by atoms with Crippen LogP contribution in [0.3, 0.4) is 0 Å². The van der Waals surface area contributed by atoms with Gasteiger partial charge in [0.05, 0.1) is 0 Å². The molecule has 2 nitrogen and oxygen atoms in total. The van der Waals surface area contributed by atoms with Crippen LogP contribution in [0.1, 0.15) is 0 Å². The highest BCUT2D eigenvalue weighted by Gasteiger charge is 2.16. The molecule has 11 aromatic rings. The standard InChI is InChI=1S/C60H42N2S/c1-4-12-43(13-5-1)44-20-22-45(23-21-44)46-24-33-53(34-25-46)61(51-14-6-2-7-15-51)54-35-26-47(27-36-54)48-28-37-55(38-29-48)62(52-16-8-3-9-17-52)56-39-30-49(31-40-56)50-32-41-60-58(42-50)57-18-10-11-19-59(57)63-60/h1-42H. The van der Waals surface area contributed by atoms with E-state index >= 15 is 0 Å². The van der Waals surface area contributed by atoms with Gasteiger partial charge >= 0.3 is 0 Å². The first-order chi connectivity index (χ1) is 31.2. The van der Waals surface area contributed by atoms with Gasteiger partial charge in [0.25, 0.3) is 0 Å². The predicted molar refractivity (Wildman–Crippen MR) is 270 cm³/mol. The number of thiophene rings is 1. The van der Waals surface area contributed by atoms with Crippen LogP contribution < -0.4 is 9.80 Å². The number of rotatable bonds is 10. The second-order valence-electron chi connectivity index (χ2n) is 15.8. The zero-order chi connectivity index (χ0) is 42.0. The van der Waals surface area contributed by atoms with Gasteiger partial charge < -0.3 is 9.80 Å². The van der Waals surface area contributed by atoms with Crippen LogP contribution in [-0.2, 0) is 0 Å². The second kappa shape index (κ2) is 16.8. The monoisotopic (exact) mass is 822 g/mol. The number of hydrogen-bond acceptors (Lipinski definition) is 3. The molecule has 0 aliphatic rings. The van der Waals surface area contributed by atoms with E-state index in [9.17, 15) is 0 Å². The van der Waals surface area contributed by atoms with E-state index in [-0.39, 0.29) is 0 Å². The maximum atomic E-state index is 2.34. The first-order valence-electron chi connectivity index (χ1n) is 21.4. The van der Waals surface area contributed by atoms with Crippen molar-refractivity contribution >= 4 is 65.6 Å². The quantitative estimate of drug-likeness (QED) is 0.136. The third-order valence-corrected chi connectivity index (χ3v) is 13.1. The van der Waals surface area contributed by atoms with Crippen LogP contribution in [0.15, 0.2) is 255 Å². The molecule has 1 aromatic heterocycles. The van der Waals surface area contributed by atoms with E-state index in [2.05, 4.69) is 265 Å². The molecular weight excluding hydrogens is 781 g/mol. The molecule has 0 amide bonds. The Bertz CT molecular complexity index is 3270. The highest BCUT2D eigenvalue weighted by molar-refractivity contribution is 7.25. The molecule has 0 aliphatic heterocycles. The molecule has 0 unspecified atom stereocenters. The number of fused-ring (bicyclic) bond motifs is 3. The van der Waals surface area contributed by atoms with Gasteiger partial charge in [-0.3, -0.25) is 0 Å². The van der Waals surface area contributed by atoms with Gasteiger partial charge in [0.15, 0.2) is 0 Å². The Balaban J connectivity index is 0.850. The molecule has 11 rings (SSSR count). The molecule has 1 heterocycles. The Labute approximate surface area is 372 Å². The first-order valence-corrected chi connectivity index (χ1v) is 22.2. The predicted octanol–water partition coefficient (Wildman–Crippen LogP) is 17.7. The van der Waals surface area contributed by atoms with Crippen LogP contribution in [0.4, 0.5) is 34.1 Å². The topological polar surface area (TPSA) is 6.48 Å². The van der Waals surface area contributed by atoms with Crippen molar-refractivity contribution in [2.45, 2.75) is 0 Å². The number of para-hydroxylation sites is 2. The van der Waals surface area contributed by atoms with Crippen LogP contribution in [0.25, 0.3) is 64.7 Å². The lowest BCUT2D eigenvalue weighted by atomic mass is 10.00. The normalized spacial score (nSPS) is 11.2. The van der Waals surface area contributed by atoms with Gasteiger partial charge in [0.1, 0.15) is 0 Å². The fraction of sp³-hybridized carbons (Fsp3) is 0. The molecule has 0 spiro atoms. The lowest BCUT2D eigenvalue weighted by Crippen LogP contribution is -2.10. The molecule has 0 radical (unpaired) electrons. The summed E-state index contributed by atoms with van der Waals surface area (Å²) in [7, 11) is 0. The molecule has 0 saturated carbocycles. The van der Waals surface area contributed by atoms with E-state index in [0.29, 0.717) is 0 Å². The highest BCUT2D eigenvalue weighted by Crippen LogP contribution is 2.41. The van der Waals surface area contributed by atoms with E-state index in [1.165, 1.54) is 64.7 Å². The molecule has 0 saturated heterocycles.